The molecule has 0 amide bonds. The Hall–Kier alpha value is -2.23. The molecule has 4 heteroatoms. The number of aromatic nitrogens is 2. The van der Waals surface area contributed by atoms with E-state index in [-0.39, 0.29) is 12.4 Å². The van der Waals surface area contributed by atoms with E-state index in [1.54, 1.807) is 11.3 Å². The van der Waals surface area contributed by atoms with Crippen LogP contribution in [-0.2, 0) is 6.54 Å². The number of thiazole rings is 1. The lowest BCUT2D eigenvalue weighted by atomic mass is 10.2. The van der Waals surface area contributed by atoms with Gasteiger partial charge in [-0.05, 0) is 12.1 Å². The van der Waals surface area contributed by atoms with Gasteiger partial charge in [0, 0.05) is 23.3 Å². The average molecular weight is 339 g/mol. The molecule has 0 aliphatic heterocycles. The Morgan fingerprint density at radius 1 is 0.826 bits per heavy atom. The van der Waals surface area contributed by atoms with Gasteiger partial charge in [-0.15, -0.1) is 11.3 Å². The molecular weight excluding hydrogens is 324 g/mol. The Bertz CT molecular complexity index is 868. The van der Waals surface area contributed by atoms with Crippen LogP contribution in [0.3, 0.4) is 0 Å². The van der Waals surface area contributed by atoms with Crippen LogP contribution in [0.25, 0.3) is 20.8 Å². The van der Waals surface area contributed by atoms with Gasteiger partial charge in [0.1, 0.15) is 5.01 Å². The number of hydrogen-bond donors (Lipinski definition) is 0. The molecule has 2 heterocycles. The molecule has 0 fully saturated rings. The van der Waals surface area contributed by atoms with Gasteiger partial charge in [0.2, 0.25) is 0 Å². The van der Waals surface area contributed by atoms with E-state index in [4.69, 9.17) is 4.98 Å². The Morgan fingerprint density at radius 3 is 2.26 bits per heavy atom. The highest BCUT2D eigenvalue weighted by atomic mass is 35.5. The van der Waals surface area contributed by atoms with Gasteiger partial charge in [0.15, 0.2) is 18.9 Å². The average Bonchev–Trinajstić information content (AvgIpc) is 3.00. The van der Waals surface area contributed by atoms with Gasteiger partial charge in [0.25, 0.3) is 0 Å². The number of halogens is 1. The second kappa shape index (κ2) is 6.90. The predicted octanol–water partition coefficient (Wildman–Crippen LogP) is 1.30. The number of para-hydroxylation sites is 1. The van der Waals surface area contributed by atoms with E-state index in [0.717, 1.165) is 17.1 Å². The molecule has 0 N–H and O–H groups in total. The molecule has 4 aromatic rings. The molecule has 2 nitrogen and oxygen atoms in total. The molecular formula is C19H15ClN2S. The zero-order chi connectivity index (χ0) is 14.8. The maximum Gasteiger partial charge on any atom is 0.173 e. The maximum atomic E-state index is 4.71. The zero-order valence-corrected chi connectivity index (χ0v) is 14.0. The fraction of sp³-hybridized carbons (Fsp3) is 0.0526. The van der Waals surface area contributed by atoms with Crippen molar-refractivity contribution >= 4 is 21.6 Å². The first-order chi connectivity index (χ1) is 10.9. The van der Waals surface area contributed by atoms with Crippen LogP contribution in [0, 0.1) is 0 Å². The van der Waals surface area contributed by atoms with Gasteiger partial charge >= 0.3 is 0 Å². The minimum Gasteiger partial charge on any atom is -1.00 e. The summed E-state index contributed by atoms with van der Waals surface area (Å²) in [5.74, 6) is 0. The summed E-state index contributed by atoms with van der Waals surface area (Å²) in [4.78, 5) is 4.71. The molecule has 0 saturated carbocycles. The molecule has 0 aliphatic carbocycles. The van der Waals surface area contributed by atoms with Crippen molar-refractivity contribution in [1.82, 2.24) is 4.98 Å². The molecule has 0 atom stereocenters. The fourth-order valence-electron chi connectivity index (χ4n) is 2.50. The van der Waals surface area contributed by atoms with Crippen molar-refractivity contribution in [2.24, 2.45) is 0 Å². The summed E-state index contributed by atoms with van der Waals surface area (Å²) in [6, 6.07) is 23.0. The molecule has 2 aromatic carbocycles. The smallest absolute Gasteiger partial charge is 0.173 e. The zero-order valence-electron chi connectivity index (χ0n) is 12.4. The Labute approximate surface area is 145 Å². The lowest BCUT2D eigenvalue weighted by Gasteiger charge is -1.98. The van der Waals surface area contributed by atoms with E-state index < -0.39 is 0 Å². The van der Waals surface area contributed by atoms with Crippen molar-refractivity contribution in [1.29, 1.82) is 0 Å². The van der Waals surface area contributed by atoms with E-state index >= 15 is 0 Å². The van der Waals surface area contributed by atoms with Gasteiger partial charge in [-0.25, -0.2) is 9.55 Å². The standard InChI is InChI=1S/C19H15N2S.ClH/c1-2-6-15(7-3-1)14-21-12-10-16(11-13-21)19-20-17-8-4-5-9-18(17)22-19;/h1-13H,14H2;1H/q+1;/p-1. The highest BCUT2D eigenvalue weighted by Gasteiger charge is 2.08. The SMILES string of the molecule is [Cl-].c1ccc(C[n+]2ccc(-c3nc4ccccc4s3)cc2)cc1. The minimum absolute atomic E-state index is 0. The Balaban J connectivity index is 0.00000156. The van der Waals surface area contributed by atoms with Crippen molar-refractivity contribution in [2.75, 3.05) is 0 Å². The van der Waals surface area contributed by atoms with Crippen LogP contribution < -0.4 is 17.0 Å². The van der Waals surface area contributed by atoms with Crippen LogP contribution in [0.2, 0.25) is 0 Å². The third-order valence-electron chi connectivity index (χ3n) is 3.64. The summed E-state index contributed by atoms with van der Waals surface area (Å²) in [6.45, 7) is 0.890. The molecule has 0 spiro atoms. The van der Waals surface area contributed by atoms with Gasteiger partial charge in [0.05, 0.1) is 10.2 Å². The molecule has 0 radical (unpaired) electrons. The first-order valence-electron chi connectivity index (χ1n) is 7.27. The molecule has 114 valence electrons. The number of nitrogens with zero attached hydrogens (tertiary/aromatic N) is 2. The molecule has 23 heavy (non-hydrogen) atoms. The summed E-state index contributed by atoms with van der Waals surface area (Å²) < 4.78 is 3.42. The lowest BCUT2D eigenvalue weighted by Crippen LogP contribution is -3.00. The number of benzene rings is 2. The van der Waals surface area contributed by atoms with Crippen molar-refractivity contribution in [3.63, 3.8) is 0 Å². The highest BCUT2D eigenvalue weighted by molar-refractivity contribution is 7.21. The van der Waals surface area contributed by atoms with Crippen molar-refractivity contribution in [3.05, 3.63) is 84.7 Å². The minimum atomic E-state index is 0. The van der Waals surface area contributed by atoms with E-state index in [1.165, 1.54) is 15.8 Å². The van der Waals surface area contributed by atoms with Crippen LogP contribution in [-0.4, -0.2) is 4.98 Å². The molecule has 0 aliphatic rings. The Morgan fingerprint density at radius 2 is 1.52 bits per heavy atom. The molecule has 0 saturated heterocycles. The molecule has 0 bridgehead atoms. The number of pyridine rings is 1. The number of fused-ring (bicyclic) bond motifs is 1. The number of rotatable bonds is 3. The summed E-state index contributed by atoms with van der Waals surface area (Å²) in [6.07, 6.45) is 4.24. The van der Waals surface area contributed by atoms with Crippen molar-refractivity contribution in [2.45, 2.75) is 6.54 Å². The molecule has 0 unspecified atom stereocenters. The lowest BCUT2D eigenvalue weighted by molar-refractivity contribution is -0.688. The van der Waals surface area contributed by atoms with Crippen LogP contribution in [0.5, 0.6) is 0 Å². The first kappa shape index (κ1) is 15.7. The second-order valence-electron chi connectivity index (χ2n) is 5.23. The summed E-state index contributed by atoms with van der Waals surface area (Å²) in [5.41, 5.74) is 3.55. The van der Waals surface area contributed by atoms with Crippen molar-refractivity contribution in [3.8, 4) is 10.6 Å². The van der Waals surface area contributed by atoms with Crippen LogP contribution in [0.15, 0.2) is 79.1 Å². The second-order valence-corrected chi connectivity index (χ2v) is 6.26. The van der Waals surface area contributed by atoms with Crippen molar-refractivity contribution < 1.29 is 17.0 Å². The molecule has 2 aromatic heterocycles. The fourth-order valence-corrected chi connectivity index (χ4v) is 3.47. The largest absolute Gasteiger partial charge is 1.00 e. The van der Waals surface area contributed by atoms with Gasteiger partial charge in [-0.1, -0.05) is 42.5 Å². The van der Waals surface area contributed by atoms with E-state index in [2.05, 4.69) is 71.6 Å². The van der Waals surface area contributed by atoms with Crippen LogP contribution in [0.4, 0.5) is 0 Å². The third-order valence-corrected chi connectivity index (χ3v) is 4.73. The third kappa shape index (κ3) is 3.41. The summed E-state index contributed by atoms with van der Waals surface area (Å²) >= 11 is 1.74. The summed E-state index contributed by atoms with van der Waals surface area (Å²) in [7, 11) is 0. The number of hydrogen-bond acceptors (Lipinski definition) is 2. The first-order valence-corrected chi connectivity index (χ1v) is 8.09. The van der Waals surface area contributed by atoms with Gasteiger partial charge in [-0.3, -0.25) is 0 Å². The quantitative estimate of drug-likeness (QED) is 0.515. The Kier molecular flexibility index (Phi) is 4.70. The van der Waals surface area contributed by atoms with Gasteiger partial charge < -0.3 is 12.4 Å². The van der Waals surface area contributed by atoms with Crippen LogP contribution >= 0.6 is 11.3 Å². The predicted molar refractivity (Wildman–Crippen MR) is 90.8 cm³/mol. The highest BCUT2D eigenvalue weighted by Crippen LogP contribution is 2.29. The normalized spacial score (nSPS) is 10.4. The van der Waals surface area contributed by atoms with E-state index in [0.29, 0.717) is 0 Å². The molecule has 4 rings (SSSR count). The van der Waals surface area contributed by atoms with Crippen LogP contribution in [0.1, 0.15) is 5.56 Å². The van der Waals surface area contributed by atoms with E-state index in [9.17, 15) is 0 Å². The monoisotopic (exact) mass is 338 g/mol. The maximum absolute atomic E-state index is 4.71. The van der Waals surface area contributed by atoms with E-state index in [1.807, 2.05) is 12.1 Å². The summed E-state index contributed by atoms with van der Waals surface area (Å²) in [5, 5.41) is 1.08. The topological polar surface area (TPSA) is 16.8 Å². The van der Waals surface area contributed by atoms with Gasteiger partial charge in [-0.2, -0.15) is 0 Å².